The molecule has 1 unspecified atom stereocenters. The summed E-state index contributed by atoms with van der Waals surface area (Å²) < 4.78 is 4.73. The summed E-state index contributed by atoms with van der Waals surface area (Å²) in [5.74, 6) is 0. The third kappa shape index (κ3) is 1.51. The van der Waals surface area contributed by atoms with Gasteiger partial charge in [-0.2, -0.15) is 5.10 Å². The number of allylic oxidation sites excluding steroid dienone is 1. The number of nitrogens with zero attached hydrogens (tertiary/aromatic N) is 3. The Balaban J connectivity index is 2.72. The van der Waals surface area contributed by atoms with E-state index in [4.69, 9.17) is 12.2 Å². The van der Waals surface area contributed by atoms with Crippen molar-refractivity contribution in [3.05, 3.63) is 23.1 Å². The highest BCUT2D eigenvalue weighted by Crippen LogP contribution is 2.22. The third-order valence-corrected chi connectivity index (χ3v) is 3.12. The summed E-state index contributed by atoms with van der Waals surface area (Å²) in [7, 11) is 1.94. The number of aryl methyl sites for hydroxylation is 2. The van der Waals surface area contributed by atoms with Gasteiger partial charge in [0.1, 0.15) is 5.52 Å². The van der Waals surface area contributed by atoms with Crippen molar-refractivity contribution in [2.24, 2.45) is 7.05 Å². The molecular formula is C11H16N4S. The minimum absolute atomic E-state index is 0.300. The fourth-order valence-corrected chi connectivity index (χ4v) is 2.46. The van der Waals surface area contributed by atoms with Gasteiger partial charge in [-0.05, 0) is 32.5 Å². The van der Waals surface area contributed by atoms with Crippen molar-refractivity contribution >= 4 is 23.4 Å². The largest absolute Gasteiger partial charge is 0.328 e. The maximum absolute atomic E-state index is 5.35. The zero-order valence-electron chi connectivity index (χ0n) is 9.82. The monoisotopic (exact) mass is 236 g/mol. The van der Waals surface area contributed by atoms with Crippen LogP contribution in [0.5, 0.6) is 0 Å². The zero-order valence-corrected chi connectivity index (χ0v) is 10.6. The first kappa shape index (κ1) is 11.1. The van der Waals surface area contributed by atoms with Crippen molar-refractivity contribution < 1.29 is 0 Å². The molecule has 2 rings (SSSR count). The predicted molar refractivity (Wildman–Crippen MR) is 68.2 cm³/mol. The number of nitrogens with one attached hydrogen (secondary N) is 1. The molecule has 0 bridgehead atoms. The maximum Gasteiger partial charge on any atom is 0.179 e. The molecule has 1 atom stereocenters. The van der Waals surface area contributed by atoms with Gasteiger partial charge in [-0.25, -0.2) is 0 Å². The van der Waals surface area contributed by atoms with Gasteiger partial charge in [-0.3, -0.25) is 9.25 Å². The molecule has 0 radical (unpaired) electrons. The highest BCUT2D eigenvalue weighted by molar-refractivity contribution is 7.71. The van der Waals surface area contributed by atoms with E-state index < -0.39 is 0 Å². The molecule has 0 aliphatic heterocycles. The molecule has 0 saturated carbocycles. The minimum Gasteiger partial charge on any atom is -0.328 e. The Kier molecular flexibility index (Phi) is 2.71. The molecule has 5 heteroatoms. The smallest absolute Gasteiger partial charge is 0.179 e. The molecule has 86 valence electrons. The van der Waals surface area contributed by atoms with Crippen molar-refractivity contribution in [2.45, 2.75) is 26.3 Å². The van der Waals surface area contributed by atoms with E-state index >= 15 is 0 Å². The number of aromatic nitrogens is 4. The first-order chi connectivity index (χ1) is 7.56. The summed E-state index contributed by atoms with van der Waals surface area (Å²) in [6.45, 7) is 7.88. The van der Waals surface area contributed by atoms with Crippen LogP contribution in [-0.2, 0) is 7.05 Å². The second-order valence-electron chi connectivity index (χ2n) is 4.08. The van der Waals surface area contributed by atoms with E-state index in [2.05, 4.69) is 28.2 Å². The molecule has 16 heavy (non-hydrogen) atoms. The quantitative estimate of drug-likeness (QED) is 0.657. The lowest BCUT2D eigenvalue weighted by Gasteiger charge is -2.11. The van der Waals surface area contributed by atoms with E-state index in [1.54, 1.807) is 0 Å². The van der Waals surface area contributed by atoms with Crippen LogP contribution in [0.1, 0.15) is 25.1 Å². The molecule has 1 N–H and O–H groups in total. The minimum atomic E-state index is 0.300. The summed E-state index contributed by atoms with van der Waals surface area (Å²) in [5.41, 5.74) is 3.06. The summed E-state index contributed by atoms with van der Waals surface area (Å²) >= 11 is 5.35. The van der Waals surface area contributed by atoms with Crippen molar-refractivity contribution in [1.29, 1.82) is 0 Å². The Morgan fingerprint density at radius 3 is 2.94 bits per heavy atom. The van der Waals surface area contributed by atoms with E-state index in [0.717, 1.165) is 28.0 Å². The molecule has 0 spiro atoms. The predicted octanol–water partition coefficient (Wildman–Crippen LogP) is 2.88. The van der Waals surface area contributed by atoms with Gasteiger partial charge in [0.05, 0.1) is 5.69 Å². The van der Waals surface area contributed by atoms with E-state index in [1.807, 2.05) is 24.7 Å². The molecule has 0 saturated heterocycles. The van der Waals surface area contributed by atoms with Crippen LogP contribution < -0.4 is 0 Å². The second kappa shape index (κ2) is 3.90. The van der Waals surface area contributed by atoms with Gasteiger partial charge in [0.15, 0.2) is 10.4 Å². The highest BCUT2D eigenvalue weighted by Gasteiger charge is 2.15. The zero-order chi connectivity index (χ0) is 11.9. The van der Waals surface area contributed by atoms with Crippen molar-refractivity contribution in [2.75, 3.05) is 0 Å². The van der Waals surface area contributed by atoms with Crippen LogP contribution in [0.15, 0.2) is 12.7 Å². The van der Waals surface area contributed by atoms with Crippen LogP contribution in [-0.4, -0.2) is 19.3 Å². The number of hydrogen-bond acceptors (Lipinski definition) is 2. The van der Waals surface area contributed by atoms with Crippen LogP contribution in [0.3, 0.4) is 0 Å². The van der Waals surface area contributed by atoms with E-state index in [0.29, 0.717) is 6.04 Å². The van der Waals surface area contributed by atoms with E-state index in [-0.39, 0.29) is 0 Å². The van der Waals surface area contributed by atoms with Crippen molar-refractivity contribution in [3.8, 4) is 0 Å². The average Bonchev–Trinajstić information content (AvgIpc) is 2.67. The van der Waals surface area contributed by atoms with Gasteiger partial charge in [0, 0.05) is 13.1 Å². The molecule has 2 aromatic heterocycles. The standard InChI is InChI=1S/C11H16N4S/c1-5-6-7(2)15-10-9(12-11(15)16)8(3)13-14(10)4/h5,7H,1,6H2,2-4H3,(H,12,16). The molecule has 0 fully saturated rings. The molecule has 2 heterocycles. The molecule has 4 nitrogen and oxygen atoms in total. The lowest BCUT2D eigenvalue weighted by atomic mass is 10.2. The number of fused-ring (bicyclic) bond motifs is 1. The summed E-state index contributed by atoms with van der Waals surface area (Å²) in [4.78, 5) is 3.22. The maximum atomic E-state index is 5.35. The Labute approximate surface area is 99.6 Å². The van der Waals surface area contributed by atoms with Gasteiger partial charge in [-0.15, -0.1) is 6.58 Å². The molecule has 0 amide bonds. The Morgan fingerprint density at radius 2 is 2.31 bits per heavy atom. The molecular weight excluding hydrogens is 220 g/mol. The van der Waals surface area contributed by atoms with Crippen molar-refractivity contribution in [1.82, 2.24) is 19.3 Å². The first-order valence-electron chi connectivity index (χ1n) is 5.31. The number of rotatable bonds is 3. The van der Waals surface area contributed by atoms with Crippen LogP contribution >= 0.6 is 12.2 Å². The van der Waals surface area contributed by atoms with Crippen LogP contribution in [0.4, 0.5) is 0 Å². The van der Waals surface area contributed by atoms with E-state index in [1.165, 1.54) is 0 Å². The molecule has 0 aliphatic carbocycles. The molecule has 2 aromatic rings. The Morgan fingerprint density at radius 1 is 1.62 bits per heavy atom. The SMILES string of the molecule is C=CCC(C)n1c(=S)[nH]c2c(C)nn(C)c21. The van der Waals surface area contributed by atoms with Crippen LogP contribution in [0, 0.1) is 11.7 Å². The van der Waals surface area contributed by atoms with Gasteiger partial charge >= 0.3 is 0 Å². The summed E-state index contributed by atoms with van der Waals surface area (Å²) in [6.07, 6.45) is 2.81. The van der Waals surface area contributed by atoms with Crippen molar-refractivity contribution in [3.63, 3.8) is 0 Å². The topological polar surface area (TPSA) is 38.5 Å². The lowest BCUT2D eigenvalue weighted by molar-refractivity contribution is 0.548. The Bertz CT molecular complexity index is 587. The number of H-pyrrole nitrogens is 1. The van der Waals surface area contributed by atoms with Gasteiger partial charge in [0.25, 0.3) is 0 Å². The summed E-state index contributed by atoms with van der Waals surface area (Å²) in [6, 6.07) is 0.300. The number of imidazole rings is 1. The fraction of sp³-hybridized carbons (Fsp3) is 0.455. The van der Waals surface area contributed by atoms with Crippen LogP contribution in [0.25, 0.3) is 11.2 Å². The second-order valence-corrected chi connectivity index (χ2v) is 4.47. The van der Waals surface area contributed by atoms with Gasteiger partial charge in [0.2, 0.25) is 0 Å². The van der Waals surface area contributed by atoms with Gasteiger partial charge < -0.3 is 4.98 Å². The van der Waals surface area contributed by atoms with E-state index in [9.17, 15) is 0 Å². The normalized spacial score (nSPS) is 13.2. The highest BCUT2D eigenvalue weighted by atomic mass is 32.1. The lowest BCUT2D eigenvalue weighted by Crippen LogP contribution is -2.07. The fourth-order valence-electron chi connectivity index (χ4n) is 2.09. The third-order valence-electron chi connectivity index (χ3n) is 2.82. The Hall–Kier alpha value is -1.36. The van der Waals surface area contributed by atoms with Gasteiger partial charge in [-0.1, -0.05) is 6.08 Å². The number of aromatic amines is 1. The van der Waals surface area contributed by atoms with Crippen LogP contribution in [0.2, 0.25) is 0 Å². The summed E-state index contributed by atoms with van der Waals surface area (Å²) in [5, 5.41) is 4.39. The molecule has 0 aliphatic rings. The molecule has 0 aromatic carbocycles. The number of hydrogen-bond donors (Lipinski definition) is 1. The first-order valence-corrected chi connectivity index (χ1v) is 5.71. The average molecular weight is 236 g/mol.